The predicted molar refractivity (Wildman–Crippen MR) is 151 cm³/mol. The van der Waals surface area contributed by atoms with Gasteiger partial charge in [0.15, 0.2) is 0 Å². The number of nitrogens with one attached hydrogen (secondary N) is 1. The molecule has 1 fully saturated rings. The molecule has 0 radical (unpaired) electrons. The third-order valence-electron chi connectivity index (χ3n) is 6.68. The Bertz CT molecular complexity index is 1550. The molecule has 0 amide bonds. The van der Waals surface area contributed by atoms with Gasteiger partial charge in [-0.05, 0) is 42.5 Å². The molecule has 1 aliphatic rings. The fourth-order valence-electron chi connectivity index (χ4n) is 4.75. The van der Waals surface area contributed by atoms with Crippen LogP contribution < -0.4 is 4.74 Å². The van der Waals surface area contributed by atoms with E-state index >= 15 is 0 Å². The zero-order valence-electron chi connectivity index (χ0n) is 21.4. The second-order valence-corrected chi connectivity index (χ2v) is 13.1. The molecule has 1 aromatic carbocycles. The van der Waals surface area contributed by atoms with Crippen LogP contribution in [0.15, 0.2) is 48.9 Å². The Hall–Kier alpha value is -2.57. The summed E-state index contributed by atoms with van der Waals surface area (Å²) in [6, 6.07) is 9.99. The minimum Gasteiger partial charge on any atom is -0.496 e. The number of hydrogen-bond acceptors (Lipinski definition) is 8. The summed E-state index contributed by atoms with van der Waals surface area (Å²) >= 11 is 7.44. The molecule has 0 aliphatic carbocycles. The minimum atomic E-state index is -3.15. The van der Waals surface area contributed by atoms with Crippen LogP contribution in [0.3, 0.4) is 0 Å². The largest absolute Gasteiger partial charge is 0.496 e. The van der Waals surface area contributed by atoms with Gasteiger partial charge in [0.05, 0.1) is 29.9 Å². The molecule has 8 nitrogen and oxygen atoms in total. The van der Waals surface area contributed by atoms with Gasteiger partial charge in [-0.15, -0.1) is 11.3 Å². The molecule has 202 valence electrons. The Morgan fingerprint density at radius 2 is 2.05 bits per heavy atom. The van der Waals surface area contributed by atoms with Crippen molar-refractivity contribution < 1.29 is 22.6 Å². The van der Waals surface area contributed by atoms with Crippen molar-refractivity contribution in [3.63, 3.8) is 0 Å². The first kappa shape index (κ1) is 27.0. The third-order valence-corrected chi connectivity index (χ3v) is 9.25. The maximum absolute atomic E-state index is 12.0. The van der Waals surface area contributed by atoms with E-state index in [0.717, 1.165) is 50.8 Å². The number of aromatic nitrogens is 3. The second kappa shape index (κ2) is 11.7. The minimum absolute atomic E-state index is 0.0336. The number of ether oxygens (including phenoxy) is 3. The topological polar surface area (TPSA) is 94.9 Å². The fraction of sp³-hybridized carbons (Fsp3) is 0.407. The number of imidazole rings is 1. The first-order chi connectivity index (χ1) is 18.3. The van der Waals surface area contributed by atoms with Gasteiger partial charge < -0.3 is 19.2 Å². The molecule has 1 saturated heterocycles. The second-order valence-electron chi connectivity index (χ2n) is 9.47. The van der Waals surface area contributed by atoms with Crippen LogP contribution in [0.2, 0.25) is 0 Å². The number of H-pyrrole nitrogens is 1. The van der Waals surface area contributed by atoms with Crippen molar-refractivity contribution in [1.29, 1.82) is 0 Å². The normalized spacial score (nSPS) is 15.6. The molecule has 1 aliphatic heterocycles. The van der Waals surface area contributed by atoms with Crippen molar-refractivity contribution >= 4 is 38.2 Å². The fourth-order valence-corrected chi connectivity index (χ4v) is 6.80. The number of rotatable bonds is 10. The highest BCUT2D eigenvalue weighted by atomic mass is 32.2. The van der Waals surface area contributed by atoms with Crippen LogP contribution in [-0.2, 0) is 32.2 Å². The summed E-state index contributed by atoms with van der Waals surface area (Å²) in [4.78, 5) is 9.52. The number of aryl methyl sites for hydroxylation is 1. The number of nitrogens with zero attached hydrogens (tertiary/aromatic N) is 2. The van der Waals surface area contributed by atoms with E-state index in [2.05, 4.69) is 16.0 Å². The summed E-state index contributed by atoms with van der Waals surface area (Å²) in [5.41, 5.74) is 2.84. The van der Waals surface area contributed by atoms with Crippen LogP contribution >= 0.6 is 23.6 Å². The lowest BCUT2D eigenvalue weighted by Gasteiger charge is -2.29. The van der Waals surface area contributed by atoms with Gasteiger partial charge in [-0.2, -0.15) is 0 Å². The van der Waals surface area contributed by atoms with Crippen LogP contribution in [0.25, 0.3) is 15.5 Å². The number of benzene rings is 1. The van der Waals surface area contributed by atoms with Crippen molar-refractivity contribution in [2.45, 2.75) is 37.9 Å². The van der Waals surface area contributed by atoms with Gasteiger partial charge in [0.2, 0.25) is 0 Å². The Kier molecular flexibility index (Phi) is 8.29. The van der Waals surface area contributed by atoms with E-state index in [1.165, 1.54) is 6.26 Å². The average Bonchev–Trinajstić information content (AvgIpc) is 3.60. The van der Waals surface area contributed by atoms with Crippen molar-refractivity contribution in [2.75, 3.05) is 32.3 Å². The quantitative estimate of drug-likeness (QED) is 0.261. The summed E-state index contributed by atoms with van der Waals surface area (Å²) < 4.78 is 44.6. The first-order valence-electron chi connectivity index (χ1n) is 12.5. The monoisotopic (exact) mass is 573 g/mol. The molecule has 1 atom stereocenters. The van der Waals surface area contributed by atoms with Gasteiger partial charge in [-0.1, -0.05) is 30.4 Å². The summed E-state index contributed by atoms with van der Waals surface area (Å²) in [7, 11) is -1.48. The lowest BCUT2D eigenvalue weighted by atomic mass is 9.99. The molecular weight excluding hydrogens is 543 g/mol. The van der Waals surface area contributed by atoms with Crippen LogP contribution in [0, 0.1) is 4.64 Å². The number of para-hydroxylation sites is 1. The summed E-state index contributed by atoms with van der Waals surface area (Å²) in [5.74, 6) is 1.57. The Morgan fingerprint density at radius 1 is 1.26 bits per heavy atom. The number of pyridine rings is 1. The number of thiazole rings is 1. The number of sulfone groups is 1. The van der Waals surface area contributed by atoms with E-state index in [0.29, 0.717) is 30.7 Å². The van der Waals surface area contributed by atoms with Crippen LogP contribution in [-0.4, -0.2) is 61.2 Å². The van der Waals surface area contributed by atoms with Crippen LogP contribution in [0.4, 0.5) is 0 Å². The molecule has 0 unspecified atom stereocenters. The molecule has 38 heavy (non-hydrogen) atoms. The Morgan fingerprint density at radius 3 is 2.76 bits per heavy atom. The zero-order chi connectivity index (χ0) is 26.7. The van der Waals surface area contributed by atoms with E-state index in [1.54, 1.807) is 30.8 Å². The van der Waals surface area contributed by atoms with E-state index in [-0.39, 0.29) is 18.0 Å². The standard InChI is InChI=1S/C27H31N3O5S3/c1-33-22-6-4-3-5-21(22)23(35-20-7-12-34-13-8-20)16-19-15-18(9-14-38(2,31)32)26(36)30-17-24(37-27(19)30)25-28-10-11-29-25/h3-6,10-11,15,17,20,23H,7-9,12-14,16H2,1-2H3,(H,28,29)/t23-/m0/s1. The smallest absolute Gasteiger partial charge is 0.148 e. The van der Waals surface area contributed by atoms with Crippen molar-refractivity contribution in [2.24, 2.45) is 0 Å². The molecule has 4 aromatic rings. The van der Waals surface area contributed by atoms with Gasteiger partial charge in [0.1, 0.15) is 30.9 Å². The number of fused-ring (bicyclic) bond motifs is 1. The molecule has 11 heteroatoms. The molecule has 4 heterocycles. The summed E-state index contributed by atoms with van der Waals surface area (Å²) in [5, 5.41) is 0. The van der Waals surface area contributed by atoms with Gasteiger partial charge >= 0.3 is 0 Å². The van der Waals surface area contributed by atoms with E-state index in [4.69, 9.17) is 26.4 Å². The van der Waals surface area contributed by atoms with E-state index in [1.807, 2.05) is 34.9 Å². The van der Waals surface area contributed by atoms with Gasteiger partial charge in [-0.3, -0.25) is 4.40 Å². The molecule has 1 N–H and O–H groups in total. The number of methoxy groups -OCH3 is 1. The van der Waals surface area contributed by atoms with Crippen LogP contribution in [0.5, 0.6) is 5.75 Å². The lowest BCUT2D eigenvalue weighted by molar-refractivity contribution is -0.0699. The van der Waals surface area contributed by atoms with Crippen molar-refractivity contribution in [3.05, 3.63) is 70.3 Å². The van der Waals surface area contributed by atoms with E-state index in [9.17, 15) is 8.42 Å². The summed E-state index contributed by atoms with van der Waals surface area (Å²) in [6.07, 6.45) is 9.13. The van der Waals surface area contributed by atoms with Crippen molar-refractivity contribution in [1.82, 2.24) is 14.4 Å². The maximum Gasteiger partial charge on any atom is 0.148 e. The summed E-state index contributed by atoms with van der Waals surface area (Å²) in [6.45, 7) is 1.36. The third kappa shape index (κ3) is 6.18. The highest BCUT2D eigenvalue weighted by molar-refractivity contribution is 7.90. The lowest BCUT2D eigenvalue weighted by Crippen LogP contribution is -2.26. The number of aromatic amines is 1. The van der Waals surface area contributed by atoms with Gasteiger partial charge in [0.25, 0.3) is 0 Å². The Balaban J connectivity index is 1.60. The Labute approximate surface area is 231 Å². The highest BCUT2D eigenvalue weighted by Crippen LogP contribution is 2.37. The van der Waals surface area contributed by atoms with Crippen LogP contribution in [0.1, 0.15) is 35.6 Å². The molecule has 0 bridgehead atoms. The van der Waals surface area contributed by atoms with Gasteiger partial charge in [0, 0.05) is 50.0 Å². The molecule has 0 spiro atoms. The SMILES string of the molecule is COc1ccccc1[C@H](Cc1cc(CCS(C)(=O)=O)c(=S)n2cc(-c3ncc[nH]3)sc12)OC1CCOCC1. The van der Waals surface area contributed by atoms with E-state index < -0.39 is 9.84 Å². The molecule has 5 rings (SSSR count). The van der Waals surface area contributed by atoms with Gasteiger partial charge in [-0.25, -0.2) is 13.4 Å². The number of hydrogen-bond donors (Lipinski definition) is 1. The predicted octanol–water partition coefficient (Wildman–Crippen LogP) is 5.20. The molecular formula is C27H31N3O5S3. The maximum atomic E-state index is 12.0. The average molecular weight is 574 g/mol. The zero-order valence-corrected chi connectivity index (χ0v) is 23.8. The molecule has 0 saturated carbocycles. The first-order valence-corrected chi connectivity index (χ1v) is 15.8. The highest BCUT2D eigenvalue weighted by Gasteiger charge is 2.25. The van der Waals surface area contributed by atoms with Crippen molar-refractivity contribution in [3.8, 4) is 16.5 Å². The molecule has 3 aromatic heterocycles.